The van der Waals surface area contributed by atoms with Crippen molar-refractivity contribution in [3.05, 3.63) is 87.9 Å². The van der Waals surface area contributed by atoms with Crippen LogP contribution >= 0.6 is 11.6 Å². The molecule has 4 N–H and O–H groups in total. The minimum absolute atomic E-state index is 0.0201. The van der Waals surface area contributed by atoms with Crippen LogP contribution in [-0.2, 0) is 4.74 Å². The standard InChI is InChI=1S/C26H24ClNO6/c27-16-11-15(13-29)24(31)21(12-16)25(32)23(30)9-10-28-26(33)34-14-22-19-7-3-1-5-17(19)18-6-2-4-8-20(18)22/h1-8,11-13,22-23,25,30-32H,9-10,14H2,(H,28,33). The van der Waals surface area contributed by atoms with Crippen molar-refractivity contribution in [2.75, 3.05) is 13.2 Å². The van der Waals surface area contributed by atoms with Crippen LogP contribution in [0.15, 0.2) is 60.7 Å². The van der Waals surface area contributed by atoms with Crippen LogP contribution in [0, 0.1) is 0 Å². The number of ether oxygens (including phenoxy) is 1. The van der Waals surface area contributed by atoms with E-state index < -0.39 is 24.1 Å². The number of carbonyl (C=O) groups is 2. The monoisotopic (exact) mass is 481 g/mol. The second-order valence-electron chi connectivity index (χ2n) is 8.10. The molecule has 34 heavy (non-hydrogen) atoms. The maximum Gasteiger partial charge on any atom is 0.407 e. The number of rotatable bonds is 8. The van der Waals surface area contributed by atoms with Gasteiger partial charge in [0.1, 0.15) is 18.5 Å². The molecule has 0 radical (unpaired) electrons. The number of fused-ring (bicyclic) bond motifs is 3. The van der Waals surface area contributed by atoms with Crippen LogP contribution in [0.25, 0.3) is 11.1 Å². The van der Waals surface area contributed by atoms with Gasteiger partial charge in [0.25, 0.3) is 0 Å². The molecular formula is C26H24ClNO6. The van der Waals surface area contributed by atoms with Crippen molar-refractivity contribution in [1.82, 2.24) is 5.32 Å². The zero-order valence-corrected chi connectivity index (χ0v) is 18.9. The van der Waals surface area contributed by atoms with Crippen molar-refractivity contribution in [3.8, 4) is 16.9 Å². The fourth-order valence-electron chi connectivity index (χ4n) is 4.29. The summed E-state index contributed by atoms with van der Waals surface area (Å²) in [5, 5.41) is 33.5. The molecule has 1 aliphatic carbocycles. The molecular weight excluding hydrogens is 458 g/mol. The maximum absolute atomic E-state index is 12.3. The van der Waals surface area contributed by atoms with E-state index in [2.05, 4.69) is 17.4 Å². The summed E-state index contributed by atoms with van der Waals surface area (Å²) in [7, 11) is 0. The number of aromatic hydroxyl groups is 1. The number of benzene rings is 3. The molecule has 0 heterocycles. The summed E-state index contributed by atoms with van der Waals surface area (Å²) in [6.07, 6.45) is -3.08. The highest BCUT2D eigenvalue weighted by molar-refractivity contribution is 6.31. The largest absolute Gasteiger partial charge is 0.507 e. The molecule has 2 unspecified atom stereocenters. The molecule has 0 spiro atoms. The second-order valence-corrected chi connectivity index (χ2v) is 8.54. The maximum atomic E-state index is 12.3. The van der Waals surface area contributed by atoms with Crippen LogP contribution in [0.5, 0.6) is 5.75 Å². The number of amides is 1. The molecule has 0 fully saturated rings. The summed E-state index contributed by atoms with van der Waals surface area (Å²) in [6, 6.07) is 18.6. The third-order valence-electron chi connectivity index (χ3n) is 6.00. The summed E-state index contributed by atoms with van der Waals surface area (Å²) in [5.41, 5.74) is 4.31. The molecule has 0 bridgehead atoms. The van der Waals surface area contributed by atoms with Gasteiger partial charge in [0.15, 0.2) is 6.29 Å². The van der Waals surface area contributed by atoms with Crippen LogP contribution in [0.2, 0.25) is 5.02 Å². The molecule has 0 aliphatic heterocycles. The Kier molecular flexibility index (Phi) is 7.17. The van der Waals surface area contributed by atoms with Gasteiger partial charge in [-0.3, -0.25) is 4.79 Å². The summed E-state index contributed by atoms with van der Waals surface area (Å²) in [4.78, 5) is 23.3. The zero-order chi connectivity index (χ0) is 24.2. The summed E-state index contributed by atoms with van der Waals surface area (Å²) >= 11 is 5.91. The predicted molar refractivity (Wildman–Crippen MR) is 127 cm³/mol. The lowest BCUT2D eigenvalue weighted by Gasteiger charge is -2.20. The van der Waals surface area contributed by atoms with Crippen molar-refractivity contribution in [3.63, 3.8) is 0 Å². The molecule has 0 aromatic heterocycles. The molecule has 2 atom stereocenters. The Morgan fingerprint density at radius 3 is 2.29 bits per heavy atom. The molecule has 176 valence electrons. The number of phenols is 1. The average molecular weight is 482 g/mol. The minimum Gasteiger partial charge on any atom is -0.507 e. The first-order chi connectivity index (χ1) is 16.4. The average Bonchev–Trinajstić information content (AvgIpc) is 3.17. The van der Waals surface area contributed by atoms with Crippen LogP contribution in [0.1, 0.15) is 45.5 Å². The normalized spacial score (nSPS) is 14.1. The first kappa shape index (κ1) is 23.8. The van der Waals surface area contributed by atoms with Gasteiger partial charge in [-0.1, -0.05) is 60.1 Å². The number of nitrogens with one attached hydrogen (secondary N) is 1. The number of hydrogen-bond donors (Lipinski definition) is 4. The summed E-state index contributed by atoms with van der Waals surface area (Å²) < 4.78 is 5.44. The van der Waals surface area contributed by atoms with E-state index in [-0.39, 0.29) is 41.6 Å². The Bertz CT molecular complexity index is 1170. The molecule has 0 saturated heterocycles. The Balaban J connectivity index is 1.31. The van der Waals surface area contributed by atoms with Crippen LogP contribution in [0.4, 0.5) is 4.79 Å². The third kappa shape index (κ3) is 4.77. The highest BCUT2D eigenvalue weighted by Crippen LogP contribution is 2.44. The van der Waals surface area contributed by atoms with Gasteiger partial charge in [0.2, 0.25) is 0 Å². The molecule has 7 nitrogen and oxygen atoms in total. The topological polar surface area (TPSA) is 116 Å². The predicted octanol–water partition coefficient (Wildman–Crippen LogP) is 4.18. The van der Waals surface area contributed by atoms with Gasteiger partial charge in [-0.25, -0.2) is 4.79 Å². The van der Waals surface area contributed by atoms with Crippen molar-refractivity contribution >= 4 is 24.0 Å². The van der Waals surface area contributed by atoms with E-state index in [1.807, 2.05) is 36.4 Å². The van der Waals surface area contributed by atoms with Gasteiger partial charge in [-0.15, -0.1) is 0 Å². The number of aliphatic hydroxyl groups is 2. The van der Waals surface area contributed by atoms with E-state index in [1.54, 1.807) is 0 Å². The lowest BCUT2D eigenvalue weighted by molar-refractivity contribution is 0.0123. The van der Waals surface area contributed by atoms with Crippen LogP contribution < -0.4 is 5.32 Å². The Morgan fingerprint density at radius 2 is 1.68 bits per heavy atom. The highest BCUT2D eigenvalue weighted by atomic mass is 35.5. The van der Waals surface area contributed by atoms with Gasteiger partial charge >= 0.3 is 6.09 Å². The lowest BCUT2D eigenvalue weighted by atomic mass is 9.98. The molecule has 1 amide bonds. The van der Waals surface area contributed by atoms with Crippen LogP contribution in [0.3, 0.4) is 0 Å². The van der Waals surface area contributed by atoms with E-state index in [4.69, 9.17) is 16.3 Å². The number of phenolic OH excluding ortho intramolecular Hbond substituents is 1. The number of aliphatic hydroxyl groups excluding tert-OH is 2. The van der Waals surface area contributed by atoms with Crippen molar-refractivity contribution in [2.24, 2.45) is 0 Å². The number of halogens is 1. The molecule has 0 saturated carbocycles. The van der Waals surface area contributed by atoms with Gasteiger partial charge in [0, 0.05) is 23.0 Å². The zero-order valence-electron chi connectivity index (χ0n) is 18.1. The summed E-state index contributed by atoms with van der Waals surface area (Å²) in [5.74, 6) is -0.515. The van der Waals surface area contributed by atoms with Gasteiger partial charge in [0.05, 0.1) is 11.7 Å². The van der Waals surface area contributed by atoms with E-state index in [9.17, 15) is 24.9 Å². The molecule has 3 aromatic rings. The van der Waals surface area contributed by atoms with Gasteiger partial charge in [-0.2, -0.15) is 0 Å². The number of carbonyl (C=O) groups excluding carboxylic acids is 2. The van der Waals surface area contributed by atoms with Crippen LogP contribution in [-0.4, -0.2) is 47.0 Å². The molecule has 4 rings (SSSR count). The molecule has 8 heteroatoms. The molecule has 1 aliphatic rings. The summed E-state index contributed by atoms with van der Waals surface area (Å²) in [6.45, 7) is 0.187. The van der Waals surface area contributed by atoms with Gasteiger partial charge < -0.3 is 25.4 Å². The number of alkyl carbamates (subject to hydrolysis) is 1. The number of aldehydes is 1. The van der Waals surface area contributed by atoms with Crippen molar-refractivity contribution in [1.29, 1.82) is 0 Å². The first-order valence-electron chi connectivity index (χ1n) is 10.8. The Labute approximate surface area is 201 Å². The highest BCUT2D eigenvalue weighted by Gasteiger charge is 2.29. The van der Waals surface area contributed by atoms with E-state index in [0.29, 0.717) is 6.29 Å². The van der Waals surface area contributed by atoms with E-state index in [0.717, 1.165) is 22.3 Å². The lowest BCUT2D eigenvalue weighted by Crippen LogP contribution is -2.30. The fourth-order valence-corrected chi connectivity index (χ4v) is 4.53. The third-order valence-corrected chi connectivity index (χ3v) is 6.22. The van der Waals surface area contributed by atoms with Crippen molar-refractivity contribution < 1.29 is 29.6 Å². The molecule has 3 aromatic carbocycles. The van der Waals surface area contributed by atoms with Gasteiger partial charge in [-0.05, 0) is 40.8 Å². The smallest absolute Gasteiger partial charge is 0.407 e. The van der Waals surface area contributed by atoms with Crippen molar-refractivity contribution in [2.45, 2.75) is 24.5 Å². The minimum atomic E-state index is -1.50. The first-order valence-corrected chi connectivity index (χ1v) is 11.2. The number of hydrogen-bond acceptors (Lipinski definition) is 6. The fraction of sp³-hybridized carbons (Fsp3) is 0.231. The quantitative estimate of drug-likeness (QED) is 0.359. The Hall–Kier alpha value is -3.39. The Morgan fingerprint density at radius 1 is 1.06 bits per heavy atom. The van der Waals surface area contributed by atoms with E-state index in [1.165, 1.54) is 12.1 Å². The second kappa shape index (κ2) is 10.3. The van der Waals surface area contributed by atoms with E-state index >= 15 is 0 Å². The SMILES string of the molecule is O=Cc1cc(Cl)cc(C(O)C(O)CCNC(=O)OCC2c3ccccc3-c3ccccc32)c1O.